The zero-order valence-corrected chi connectivity index (χ0v) is 19.3. The molecule has 1 heterocycles. The van der Waals surface area contributed by atoms with E-state index in [9.17, 15) is 13.2 Å². The first-order valence-corrected chi connectivity index (χ1v) is 12.4. The summed E-state index contributed by atoms with van der Waals surface area (Å²) in [6, 6.07) is 19.7. The summed E-state index contributed by atoms with van der Waals surface area (Å²) in [6.07, 6.45) is 1.92. The number of nitrogens with one attached hydrogen (secondary N) is 2. The molecule has 3 aromatic rings. The first-order chi connectivity index (χ1) is 15.3. The number of hydrogen-bond acceptors (Lipinski definition) is 4. The van der Waals surface area contributed by atoms with Crippen molar-refractivity contribution >= 4 is 27.3 Å². The molecular weight excluding hydrogens is 422 g/mol. The number of hydrogen-bond donors (Lipinski definition) is 2. The van der Waals surface area contributed by atoms with E-state index in [4.69, 9.17) is 0 Å². The molecule has 0 aliphatic carbocycles. The molecule has 0 atom stereocenters. The quantitative estimate of drug-likeness (QED) is 0.615. The van der Waals surface area contributed by atoms with Crippen molar-refractivity contribution in [2.75, 3.05) is 25.2 Å². The van der Waals surface area contributed by atoms with Crippen molar-refractivity contribution < 1.29 is 13.2 Å². The summed E-state index contributed by atoms with van der Waals surface area (Å²) >= 11 is 0. The van der Waals surface area contributed by atoms with Gasteiger partial charge in [-0.2, -0.15) is 4.31 Å². The second-order valence-corrected chi connectivity index (χ2v) is 10.1. The predicted molar refractivity (Wildman–Crippen MR) is 129 cm³/mol. The van der Waals surface area contributed by atoms with Crippen LogP contribution >= 0.6 is 0 Å². The van der Waals surface area contributed by atoms with Crippen LogP contribution in [0.3, 0.4) is 0 Å². The minimum Gasteiger partial charge on any atom is -0.355 e. The van der Waals surface area contributed by atoms with Crippen molar-refractivity contribution in [2.24, 2.45) is 0 Å². The Hall–Kier alpha value is -3.16. The minimum absolute atomic E-state index is 0.113. The molecule has 7 heteroatoms. The summed E-state index contributed by atoms with van der Waals surface area (Å²) in [7, 11) is -1.58. The Morgan fingerprint density at radius 1 is 1.03 bits per heavy atom. The molecule has 6 nitrogen and oxygen atoms in total. The second kappa shape index (κ2) is 8.76. The van der Waals surface area contributed by atoms with Crippen LogP contribution in [0.1, 0.15) is 27.0 Å². The fourth-order valence-electron chi connectivity index (χ4n) is 4.12. The van der Waals surface area contributed by atoms with Crippen LogP contribution in [-0.2, 0) is 23.0 Å². The maximum absolute atomic E-state index is 12.0. The second-order valence-electron chi connectivity index (χ2n) is 8.10. The molecule has 32 heavy (non-hydrogen) atoms. The zero-order chi connectivity index (χ0) is 22.9. The van der Waals surface area contributed by atoms with Gasteiger partial charge in [-0.05, 0) is 71.5 Å². The monoisotopic (exact) mass is 449 g/mol. The number of carbonyl (C=O) groups is 1. The fourth-order valence-corrected chi connectivity index (χ4v) is 4.92. The first-order valence-electron chi connectivity index (χ1n) is 10.5. The number of sulfonamides is 1. The van der Waals surface area contributed by atoms with E-state index in [0.717, 1.165) is 39.2 Å². The normalized spacial score (nSPS) is 14.0. The van der Waals surface area contributed by atoms with Gasteiger partial charge in [0.25, 0.3) is 5.91 Å². The molecule has 3 aromatic carbocycles. The standard InChI is InChI=1S/C25H27N3O3S/c1-17-10-11-21(15-23(17)18-6-4-7-19(14-18)25(29)26-2)27-24-9-5-8-20-16-28(32(3,30)31)13-12-22(20)24/h4-11,14-15,27H,12-13,16H2,1-3H3,(H,26,29). The van der Waals surface area contributed by atoms with Gasteiger partial charge in [-0.25, -0.2) is 8.42 Å². The Bertz CT molecular complexity index is 1290. The molecule has 0 radical (unpaired) electrons. The lowest BCUT2D eigenvalue weighted by atomic mass is 9.97. The van der Waals surface area contributed by atoms with E-state index in [1.54, 1.807) is 13.1 Å². The van der Waals surface area contributed by atoms with E-state index >= 15 is 0 Å². The molecule has 0 fully saturated rings. The predicted octanol–water partition coefficient (Wildman–Crippen LogP) is 4.08. The van der Waals surface area contributed by atoms with Crippen molar-refractivity contribution in [3.63, 3.8) is 0 Å². The summed E-state index contributed by atoms with van der Waals surface area (Å²) in [5.41, 5.74) is 7.87. The molecular formula is C25H27N3O3S. The highest BCUT2D eigenvalue weighted by molar-refractivity contribution is 7.88. The molecule has 0 saturated heterocycles. The summed E-state index contributed by atoms with van der Waals surface area (Å²) in [5, 5.41) is 6.19. The van der Waals surface area contributed by atoms with E-state index < -0.39 is 10.0 Å². The maximum atomic E-state index is 12.0. The van der Waals surface area contributed by atoms with Crippen molar-refractivity contribution in [2.45, 2.75) is 19.9 Å². The third-order valence-corrected chi connectivity index (χ3v) is 7.13. The van der Waals surface area contributed by atoms with Gasteiger partial charge in [0.05, 0.1) is 6.26 Å². The van der Waals surface area contributed by atoms with Gasteiger partial charge < -0.3 is 10.6 Å². The van der Waals surface area contributed by atoms with Crippen molar-refractivity contribution in [3.8, 4) is 11.1 Å². The SMILES string of the molecule is CNC(=O)c1cccc(-c2cc(Nc3cccc4c3CCN(S(C)(=O)=O)C4)ccc2C)c1. The van der Waals surface area contributed by atoms with Crippen LogP contribution in [0.5, 0.6) is 0 Å². The molecule has 0 bridgehead atoms. The number of carbonyl (C=O) groups excluding carboxylic acids is 1. The molecule has 0 saturated carbocycles. The lowest BCUT2D eigenvalue weighted by Gasteiger charge is -2.28. The largest absolute Gasteiger partial charge is 0.355 e. The number of benzene rings is 3. The van der Waals surface area contributed by atoms with Gasteiger partial charge in [-0.15, -0.1) is 0 Å². The fraction of sp³-hybridized carbons (Fsp3) is 0.240. The average molecular weight is 450 g/mol. The van der Waals surface area contributed by atoms with Gasteiger partial charge in [0, 0.05) is 37.1 Å². The Balaban J connectivity index is 1.65. The number of anilines is 2. The van der Waals surface area contributed by atoms with E-state index in [2.05, 4.69) is 29.7 Å². The van der Waals surface area contributed by atoms with Crippen LogP contribution in [0, 0.1) is 6.92 Å². The highest BCUT2D eigenvalue weighted by Gasteiger charge is 2.24. The third kappa shape index (κ3) is 4.54. The molecule has 4 rings (SSSR count). The van der Waals surface area contributed by atoms with E-state index in [1.165, 1.54) is 10.6 Å². The molecule has 1 aliphatic heterocycles. The lowest BCUT2D eigenvalue weighted by molar-refractivity contribution is 0.0963. The molecule has 0 spiro atoms. The highest BCUT2D eigenvalue weighted by atomic mass is 32.2. The zero-order valence-electron chi connectivity index (χ0n) is 18.5. The van der Waals surface area contributed by atoms with Crippen LogP contribution in [0.25, 0.3) is 11.1 Å². The summed E-state index contributed by atoms with van der Waals surface area (Å²) in [5.74, 6) is -0.113. The topological polar surface area (TPSA) is 78.5 Å². The number of aryl methyl sites for hydroxylation is 1. The van der Waals surface area contributed by atoms with E-state index in [0.29, 0.717) is 25.1 Å². The number of rotatable bonds is 5. The van der Waals surface area contributed by atoms with Crippen molar-refractivity contribution in [1.29, 1.82) is 0 Å². The summed E-state index contributed by atoms with van der Waals surface area (Å²) in [4.78, 5) is 12.0. The van der Waals surface area contributed by atoms with Gasteiger partial charge in [0.2, 0.25) is 10.0 Å². The van der Waals surface area contributed by atoms with E-state index in [-0.39, 0.29) is 5.91 Å². The Morgan fingerprint density at radius 3 is 2.56 bits per heavy atom. The highest BCUT2D eigenvalue weighted by Crippen LogP contribution is 2.32. The Labute approximate surface area is 189 Å². The number of amides is 1. The van der Waals surface area contributed by atoms with Gasteiger partial charge in [0.15, 0.2) is 0 Å². The van der Waals surface area contributed by atoms with Crippen LogP contribution < -0.4 is 10.6 Å². The molecule has 1 aliphatic rings. The van der Waals surface area contributed by atoms with E-state index in [1.807, 2.05) is 42.5 Å². The molecule has 0 aromatic heterocycles. The smallest absolute Gasteiger partial charge is 0.251 e. The van der Waals surface area contributed by atoms with Crippen LogP contribution in [0.15, 0.2) is 60.7 Å². The summed E-state index contributed by atoms with van der Waals surface area (Å²) in [6.45, 7) is 2.93. The lowest BCUT2D eigenvalue weighted by Crippen LogP contribution is -2.35. The van der Waals surface area contributed by atoms with Gasteiger partial charge >= 0.3 is 0 Å². The Kier molecular flexibility index (Phi) is 6.04. The van der Waals surface area contributed by atoms with Crippen molar-refractivity contribution in [1.82, 2.24) is 9.62 Å². The number of fused-ring (bicyclic) bond motifs is 1. The molecule has 2 N–H and O–H groups in total. The van der Waals surface area contributed by atoms with Gasteiger partial charge in [-0.3, -0.25) is 4.79 Å². The Morgan fingerprint density at radius 2 is 1.81 bits per heavy atom. The minimum atomic E-state index is -3.21. The van der Waals surface area contributed by atoms with Gasteiger partial charge in [0.1, 0.15) is 0 Å². The van der Waals surface area contributed by atoms with Crippen LogP contribution in [0.4, 0.5) is 11.4 Å². The van der Waals surface area contributed by atoms with Crippen LogP contribution in [-0.4, -0.2) is 38.5 Å². The molecule has 166 valence electrons. The van der Waals surface area contributed by atoms with Gasteiger partial charge in [-0.1, -0.05) is 30.3 Å². The molecule has 0 unspecified atom stereocenters. The van der Waals surface area contributed by atoms with Crippen LogP contribution in [0.2, 0.25) is 0 Å². The third-order valence-electron chi connectivity index (χ3n) is 5.88. The first kappa shape index (κ1) is 22.0. The van der Waals surface area contributed by atoms with Crippen molar-refractivity contribution in [3.05, 3.63) is 82.9 Å². The average Bonchev–Trinajstić information content (AvgIpc) is 2.79. The number of nitrogens with zero attached hydrogens (tertiary/aromatic N) is 1. The maximum Gasteiger partial charge on any atom is 0.251 e. The molecule has 1 amide bonds. The summed E-state index contributed by atoms with van der Waals surface area (Å²) < 4.78 is 25.4.